The third-order valence-electron chi connectivity index (χ3n) is 14.5. The van der Waals surface area contributed by atoms with Crippen LogP contribution in [0.15, 0.2) is 48.7 Å². The summed E-state index contributed by atoms with van der Waals surface area (Å²) in [6, 6.07) is 7.41. The number of hydrazine groups is 1. The van der Waals surface area contributed by atoms with Crippen molar-refractivity contribution in [2.24, 2.45) is 11.3 Å². The summed E-state index contributed by atoms with van der Waals surface area (Å²) >= 11 is 0. The summed E-state index contributed by atoms with van der Waals surface area (Å²) in [6.45, 7) is 15.0. The molecule has 6 heterocycles. The maximum Gasteiger partial charge on any atom is 0.324 e. The number of alkyl halides is 1. The van der Waals surface area contributed by atoms with E-state index in [1.165, 1.54) is 23.0 Å². The lowest BCUT2D eigenvalue weighted by Crippen LogP contribution is -2.63. The van der Waals surface area contributed by atoms with E-state index in [4.69, 9.17) is 19.2 Å². The van der Waals surface area contributed by atoms with Crippen LogP contribution in [0, 0.1) is 11.3 Å². The second-order valence-corrected chi connectivity index (χ2v) is 21.1. The molecule has 3 fully saturated rings. The summed E-state index contributed by atoms with van der Waals surface area (Å²) in [6.07, 6.45) is 5.38. The zero-order valence-corrected chi connectivity index (χ0v) is 43.5. The predicted octanol–water partition coefficient (Wildman–Crippen LogP) is 5.06. The Balaban J connectivity index is 1.19. The average molecular weight is 986 g/mol. The minimum atomic E-state index is -2.30. The predicted molar refractivity (Wildman–Crippen MR) is 270 cm³/mol. The Morgan fingerprint density at radius 3 is 2.51 bits per heavy atom. The number of carbonyl (C=O) groups excluding carboxylic acids is 5. The number of hydrogen-bond donors (Lipinski definition) is 2. The number of ether oxygens (including phenoxy) is 3. The van der Waals surface area contributed by atoms with Crippen molar-refractivity contribution in [1.82, 2.24) is 40.0 Å². The molecule has 4 amide bonds. The van der Waals surface area contributed by atoms with E-state index >= 15 is 4.39 Å². The van der Waals surface area contributed by atoms with Crippen molar-refractivity contribution in [3.63, 3.8) is 0 Å². The maximum absolute atomic E-state index is 16.7. The van der Waals surface area contributed by atoms with Gasteiger partial charge in [0.15, 0.2) is 5.67 Å². The van der Waals surface area contributed by atoms with Crippen LogP contribution in [0.2, 0.25) is 0 Å². The van der Waals surface area contributed by atoms with Crippen LogP contribution in [-0.2, 0) is 51.1 Å². The van der Waals surface area contributed by atoms with Crippen LogP contribution in [0.3, 0.4) is 0 Å². The first-order valence-corrected chi connectivity index (χ1v) is 25.4. The molecule has 18 heteroatoms. The summed E-state index contributed by atoms with van der Waals surface area (Å²) in [5, 5.41) is 5.44. The number of aromatic nitrogens is 2. The van der Waals surface area contributed by atoms with Crippen LogP contribution in [0.25, 0.3) is 22.2 Å². The molecular weight excluding hydrogens is 910 g/mol. The number of anilines is 1. The average Bonchev–Trinajstić information content (AvgIpc) is 3.65. The molecule has 3 saturated heterocycles. The van der Waals surface area contributed by atoms with Gasteiger partial charge in [0, 0.05) is 119 Å². The maximum atomic E-state index is 16.7. The molecule has 2 N–H and O–H groups in total. The first-order chi connectivity index (χ1) is 33.7. The van der Waals surface area contributed by atoms with Gasteiger partial charge in [0.05, 0.1) is 36.8 Å². The van der Waals surface area contributed by atoms with Gasteiger partial charge in [0.2, 0.25) is 11.8 Å². The smallest absolute Gasteiger partial charge is 0.324 e. The highest BCUT2D eigenvalue weighted by molar-refractivity contribution is 5.96. The SMILES string of the molecule is CCn1c(-c2cccnc2C(C)OC)c2c3cc(ccc31)N1CCO[C@@H](C[C@H](NC(=O)[C@H](C(C)C)N(C)C(=O)C3(F)CCN(C(=O)/C=C/CN(C)C)CC3)C(=O)N3CCC[C@H](N3)C(=O)OCC(C)(C)C2)C1. The summed E-state index contributed by atoms with van der Waals surface area (Å²) in [5.41, 5.74) is 6.27. The van der Waals surface area contributed by atoms with Gasteiger partial charge in [-0.1, -0.05) is 33.8 Å². The van der Waals surface area contributed by atoms with Gasteiger partial charge in [-0.2, -0.15) is 0 Å². The number of aryl methyl sites for hydroxylation is 1. The molecule has 17 nitrogen and oxygen atoms in total. The number of esters is 1. The van der Waals surface area contributed by atoms with Gasteiger partial charge in [-0.05, 0) is 89.0 Å². The van der Waals surface area contributed by atoms with E-state index < -0.39 is 64.9 Å². The molecule has 6 bridgehead atoms. The molecule has 0 radical (unpaired) electrons. The number of fused-ring (bicyclic) bond motifs is 6. The number of pyridine rings is 1. The molecule has 7 rings (SSSR count). The van der Waals surface area contributed by atoms with E-state index in [-0.39, 0.29) is 57.5 Å². The standard InChI is InChI=1S/C53H76FN9O8/c1-11-62-43-19-18-36-29-39(43)40(47(62)38-15-12-22-55-45(38)35(4)69-10)31-52(5,6)33-71-50(67)41-16-13-24-63(57-41)49(66)42(30-37-32-61(36)27-28-70-37)56-48(65)46(34(2)3)59(9)51(68)53(54)20-25-60(26-21-53)44(64)17-14-23-58(7)8/h12,14-15,17-19,22,29,34-35,37,41-42,46,57H,11,13,16,20-21,23-28,30-33H2,1-10H3,(H,56,65)/b17-14+/t35?,37-,41-,42-,46-/m0/s1. The van der Waals surface area contributed by atoms with E-state index in [2.05, 4.69) is 65.2 Å². The molecule has 4 aliphatic rings. The van der Waals surface area contributed by atoms with E-state index in [1.54, 1.807) is 33.2 Å². The number of hydrogen-bond acceptors (Lipinski definition) is 12. The van der Waals surface area contributed by atoms with Crippen molar-refractivity contribution in [2.45, 2.75) is 123 Å². The summed E-state index contributed by atoms with van der Waals surface area (Å²) in [7, 11) is 6.88. The number of nitrogens with one attached hydrogen (secondary N) is 2. The van der Waals surface area contributed by atoms with E-state index in [0.29, 0.717) is 52.0 Å². The molecule has 0 aliphatic carbocycles. The minimum absolute atomic E-state index is 0.0475. The topological polar surface area (TPSA) is 171 Å². The Labute approximate surface area is 418 Å². The Bertz CT molecular complexity index is 2450. The highest BCUT2D eigenvalue weighted by atomic mass is 19.1. The number of benzene rings is 1. The molecule has 4 aliphatic heterocycles. The zero-order chi connectivity index (χ0) is 51.4. The number of likely N-dealkylation sites (N-methyl/N-ethyl adjacent to an activating group) is 2. The molecule has 0 saturated carbocycles. The quantitative estimate of drug-likeness (QED) is 0.183. The lowest BCUT2D eigenvalue weighted by Gasteiger charge is -2.41. The molecule has 0 spiro atoms. The van der Waals surface area contributed by atoms with Crippen molar-refractivity contribution in [3.8, 4) is 11.3 Å². The first-order valence-electron chi connectivity index (χ1n) is 25.4. The van der Waals surface area contributed by atoms with Gasteiger partial charge in [-0.3, -0.25) is 34.0 Å². The number of halogens is 1. The lowest BCUT2D eigenvalue weighted by atomic mass is 9.84. The molecule has 5 atom stereocenters. The van der Waals surface area contributed by atoms with Crippen LogP contribution in [0.5, 0.6) is 0 Å². The Morgan fingerprint density at radius 1 is 1.07 bits per heavy atom. The first kappa shape index (κ1) is 53.4. The monoisotopic (exact) mass is 986 g/mol. The van der Waals surface area contributed by atoms with Gasteiger partial charge in [0.25, 0.3) is 11.8 Å². The number of carbonyl (C=O) groups is 5. The highest BCUT2D eigenvalue weighted by Gasteiger charge is 2.47. The largest absolute Gasteiger partial charge is 0.464 e. The van der Waals surface area contributed by atoms with Crippen LogP contribution in [-0.4, -0.2) is 169 Å². The molecule has 2 aromatic heterocycles. The number of cyclic esters (lactones) is 1. The second-order valence-electron chi connectivity index (χ2n) is 21.1. The number of amides is 4. The highest BCUT2D eigenvalue weighted by Crippen LogP contribution is 2.42. The third-order valence-corrected chi connectivity index (χ3v) is 14.5. The fraction of sp³-hybridized carbons (Fsp3) is 0.623. The summed E-state index contributed by atoms with van der Waals surface area (Å²) in [4.78, 5) is 82.0. The number of likely N-dealkylation sites (tertiary alicyclic amines) is 1. The van der Waals surface area contributed by atoms with Gasteiger partial charge in [-0.25, -0.2) is 9.82 Å². The van der Waals surface area contributed by atoms with Crippen LogP contribution in [0.1, 0.15) is 91.0 Å². The van der Waals surface area contributed by atoms with Crippen molar-refractivity contribution < 1.29 is 42.6 Å². The Kier molecular flexibility index (Phi) is 17.0. The van der Waals surface area contributed by atoms with Crippen molar-refractivity contribution in [2.75, 3.05) is 85.6 Å². The van der Waals surface area contributed by atoms with Gasteiger partial charge >= 0.3 is 5.97 Å². The number of morpholine rings is 1. The molecule has 3 aromatic rings. The number of nitrogens with zero attached hydrogens (tertiary/aromatic N) is 7. The number of piperidine rings is 1. The second kappa shape index (κ2) is 22.6. The van der Waals surface area contributed by atoms with E-state index in [0.717, 1.165) is 44.0 Å². The number of rotatable bonds is 12. The van der Waals surface area contributed by atoms with Gasteiger partial charge < -0.3 is 43.7 Å². The summed E-state index contributed by atoms with van der Waals surface area (Å²) < 4.78 is 37.3. The van der Waals surface area contributed by atoms with Gasteiger partial charge in [0.1, 0.15) is 18.1 Å². The minimum Gasteiger partial charge on any atom is -0.464 e. The van der Waals surface area contributed by atoms with Crippen LogP contribution >= 0.6 is 0 Å². The van der Waals surface area contributed by atoms with Gasteiger partial charge in [-0.15, -0.1) is 0 Å². The van der Waals surface area contributed by atoms with Crippen LogP contribution in [0.4, 0.5) is 10.1 Å². The number of methoxy groups -OCH3 is 1. The fourth-order valence-corrected chi connectivity index (χ4v) is 10.6. The van der Waals surface area contributed by atoms with Crippen molar-refractivity contribution >= 4 is 46.2 Å². The van der Waals surface area contributed by atoms with Crippen LogP contribution < -0.4 is 15.6 Å². The molecule has 388 valence electrons. The fourth-order valence-electron chi connectivity index (χ4n) is 10.6. The molecular formula is C53H76FN9O8. The lowest BCUT2D eigenvalue weighted by molar-refractivity contribution is -0.156. The Hall–Kier alpha value is -5.43. The van der Waals surface area contributed by atoms with Crippen molar-refractivity contribution in [1.29, 1.82) is 0 Å². The normalized spacial score (nSPS) is 22.9. The van der Waals surface area contributed by atoms with E-state index in [9.17, 15) is 24.0 Å². The third kappa shape index (κ3) is 11.9. The zero-order valence-electron chi connectivity index (χ0n) is 43.5. The molecule has 71 heavy (non-hydrogen) atoms. The molecule has 1 aromatic carbocycles. The Morgan fingerprint density at radius 2 is 1.82 bits per heavy atom. The van der Waals surface area contributed by atoms with Crippen molar-refractivity contribution in [3.05, 3.63) is 59.9 Å². The summed E-state index contributed by atoms with van der Waals surface area (Å²) in [5.74, 6) is -3.14. The molecule has 1 unspecified atom stereocenters. The van der Waals surface area contributed by atoms with E-state index in [1.807, 2.05) is 32.0 Å².